The average molecular weight is 329 g/mol. The summed E-state index contributed by atoms with van der Waals surface area (Å²) in [6.45, 7) is 8.00. The zero-order valence-corrected chi connectivity index (χ0v) is 14.6. The van der Waals surface area contributed by atoms with Crippen LogP contribution in [0.15, 0.2) is 23.1 Å². The van der Waals surface area contributed by atoms with E-state index in [-0.39, 0.29) is 0 Å². The monoisotopic (exact) mass is 328 g/mol. The topological polar surface area (TPSA) is 49.4 Å². The first-order valence-corrected chi connectivity index (χ1v) is 9.92. The van der Waals surface area contributed by atoms with Gasteiger partial charge in [0.2, 0.25) is 10.0 Å². The van der Waals surface area contributed by atoms with E-state index in [0.717, 1.165) is 22.6 Å². The highest BCUT2D eigenvalue weighted by atomic mass is 32.2. The first kappa shape index (κ1) is 16.8. The molecule has 1 saturated heterocycles. The van der Waals surface area contributed by atoms with Crippen LogP contribution in [0.1, 0.15) is 25.0 Å². The molecule has 0 spiro atoms. The third kappa shape index (κ3) is 4.00. The molecular formula is C15H24N2O2S2. The van der Waals surface area contributed by atoms with Crippen molar-refractivity contribution < 1.29 is 8.42 Å². The smallest absolute Gasteiger partial charge is 0.243 e. The Morgan fingerprint density at radius 3 is 2.57 bits per heavy atom. The predicted octanol–water partition coefficient (Wildman–Crippen LogP) is 2.23. The second kappa shape index (κ2) is 7.13. The van der Waals surface area contributed by atoms with E-state index in [1.54, 1.807) is 10.4 Å². The molecule has 1 aliphatic rings. The van der Waals surface area contributed by atoms with E-state index in [2.05, 4.69) is 19.2 Å². The molecule has 0 saturated carbocycles. The Morgan fingerprint density at radius 1 is 1.29 bits per heavy atom. The summed E-state index contributed by atoms with van der Waals surface area (Å²) >= 11 is 1.81. The maximum absolute atomic E-state index is 12.8. The maximum atomic E-state index is 12.8. The van der Waals surface area contributed by atoms with Gasteiger partial charge in [-0.25, -0.2) is 8.42 Å². The van der Waals surface area contributed by atoms with E-state index in [4.69, 9.17) is 0 Å². The van der Waals surface area contributed by atoms with Crippen LogP contribution in [0.5, 0.6) is 0 Å². The van der Waals surface area contributed by atoms with Crippen LogP contribution in [0.25, 0.3) is 0 Å². The van der Waals surface area contributed by atoms with Gasteiger partial charge in [-0.3, -0.25) is 0 Å². The van der Waals surface area contributed by atoms with Gasteiger partial charge in [-0.05, 0) is 24.1 Å². The average Bonchev–Trinajstić information content (AvgIpc) is 2.46. The van der Waals surface area contributed by atoms with Crippen LogP contribution < -0.4 is 5.32 Å². The fourth-order valence-electron chi connectivity index (χ4n) is 2.37. The second-order valence-electron chi connectivity index (χ2n) is 5.59. The summed E-state index contributed by atoms with van der Waals surface area (Å²) in [6, 6.07) is 5.94. The summed E-state index contributed by atoms with van der Waals surface area (Å²) in [5.74, 6) is 1.76. The molecule has 1 fully saturated rings. The van der Waals surface area contributed by atoms with E-state index in [1.807, 2.05) is 30.8 Å². The molecule has 1 heterocycles. The fraction of sp³-hybridized carbons (Fsp3) is 0.600. The molecule has 21 heavy (non-hydrogen) atoms. The van der Waals surface area contributed by atoms with Crippen molar-refractivity contribution in [3.05, 3.63) is 29.3 Å². The molecule has 1 aromatic carbocycles. The maximum Gasteiger partial charge on any atom is 0.243 e. The summed E-state index contributed by atoms with van der Waals surface area (Å²) in [7, 11) is -3.36. The number of nitrogens with zero attached hydrogens (tertiary/aromatic N) is 1. The van der Waals surface area contributed by atoms with Crippen LogP contribution in [0.3, 0.4) is 0 Å². The van der Waals surface area contributed by atoms with Crippen molar-refractivity contribution >= 4 is 21.8 Å². The molecule has 0 atom stereocenters. The molecule has 0 bridgehead atoms. The number of thioether (sulfide) groups is 1. The van der Waals surface area contributed by atoms with Gasteiger partial charge in [0.15, 0.2) is 0 Å². The Morgan fingerprint density at radius 2 is 1.95 bits per heavy atom. The van der Waals surface area contributed by atoms with Crippen molar-refractivity contribution in [2.45, 2.75) is 38.3 Å². The molecule has 0 aliphatic carbocycles. The van der Waals surface area contributed by atoms with Gasteiger partial charge in [0.1, 0.15) is 0 Å². The number of hydrogen-bond acceptors (Lipinski definition) is 4. The quantitative estimate of drug-likeness (QED) is 0.900. The van der Waals surface area contributed by atoms with E-state index in [9.17, 15) is 8.42 Å². The molecule has 0 radical (unpaired) electrons. The van der Waals surface area contributed by atoms with Gasteiger partial charge in [-0.1, -0.05) is 26.0 Å². The summed E-state index contributed by atoms with van der Waals surface area (Å²) in [6.07, 6.45) is 0. The summed E-state index contributed by atoms with van der Waals surface area (Å²) in [4.78, 5) is 0.456. The molecule has 4 nitrogen and oxygen atoms in total. The number of nitrogens with one attached hydrogen (secondary N) is 1. The predicted molar refractivity (Wildman–Crippen MR) is 89.2 cm³/mol. The summed E-state index contributed by atoms with van der Waals surface area (Å²) < 4.78 is 27.2. The minimum Gasteiger partial charge on any atom is -0.310 e. The van der Waals surface area contributed by atoms with E-state index >= 15 is 0 Å². The molecule has 1 aromatic rings. The minimum absolute atomic E-state index is 0.379. The lowest BCUT2D eigenvalue weighted by atomic mass is 10.1. The highest BCUT2D eigenvalue weighted by molar-refractivity contribution is 7.99. The van der Waals surface area contributed by atoms with Crippen LogP contribution in [-0.4, -0.2) is 43.4 Å². The molecule has 2 rings (SSSR count). The third-order valence-corrected chi connectivity index (χ3v) is 6.67. The van der Waals surface area contributed by atoms with Crippen LogP contribution in [0.2, 0.25) is 0 Å². The standard InChI is InChI=1S/C15H24N2O2S2/c1-12(2)16-11-14-5-4-6-15(13(14)3)21(18,19)17-7-9-20-10-8-17/h4-6,12,16H,7-11H2,1-3H3. The van der Waals surface area contributed by atoms with Gasteiger partial charge in [-0.2, -0.15) is 16.1 Å². The highest BCUT2D eigenvalue weighted by Crippen LogP contribution is 2.25. The van der Waals surface area contributed by atoms with Gasteiger partial charge in [-0.15, -0.1) is 0 Å². The normalized spacial score (nSPS) is 17.3. The van der Waals surface area contributed by atoms with Crippen molar-refractivity contribution in [1.82, 2.24) is 9.62 Å². The van der Waals surface area contributed by atoms with Crippen LogP contribution >= 0.6 is 11.8 Å². The SMILES string of the molecule is Cc1c(CNC(C)C)cccc1S(=O)(=O)N1CCSCC1. The largest absolute Gasteiger partial charge is 0.310 e. The molecule has 0 unspecified atom stereocenters. The molecule has 0 aromatic heterocycles. The number of benzene rings is 1. The Kier molecular flexibility index (Phi) is 5.71. The summed E-state index contributed by atoms with van der Waals surface area (Å²) in [5.41, 5.74) is 1.92. The first-order valence-electron chi connectivity index (χ1n) is 7.32. The van der Waals surface area contributed by atoms with Crippen molar-refractivity contribution in [2.75, 3.05) is 24.6 Å². The van der Waals surface area contributed by atoms with Gasteiger partial charge in [0.05, 0.1) is 4.90 Å². The highest BCUT2D eigenvalue weighted by Gasteiger charge is 2.27. The van der Waals surface area contributed by atoms with Crippen molar-refractivity contribution in [3.63, 3.8) is 0 Å². The Labute approximate surface area is 132 Å². The van der Waals surface area contributed by atoms with Gasteiger partial charge in [0, 0.05) is 37.2 Å². The van der Waals surface area contributed by atoms with E-state index in [1.165, 1.54) is 0 Å². The third-order valence-electron chi connectivity index (χ3n) is 3.68. The molecule has 1 N–H and O–H groups in total. The number of rotatable bonds is 5. The zero-order valence-electron chi connectivity index (χ0n) is 12.9. The van der Waals surface area contributed by atoms with Gasteiger partial charge < -0.3 is 5.32 Å². The Bertz CT molecular complexity index is 579. The van der Waals surface area contributed by atoms with Crippen molar-refractivity contribution in [2.24, 2.45) is 0 Å². The molecule has 118 valence electrons. The Hall–Kier alpha value is -0.560. The van der Waals surface area contributed by atoms with Crippen LogP contribution in [0, 0.1) is 6.92 Å². The van der Waals surface area contributed by atoms with Crippen molar-refractivity contribution in [3.8, 4) is 0 Å². The lowest BCUT2D eigenvalue weighted by molar-refractivity contribution is 0.443. The molecule has 0 amide bonds. The molecule has 6 heteroatoms. The van der Waals surface area contributed by atoms with Crippen LogP contribution in [-0.2, 0) is 16.6 Å². The van der Waals surface area contributed by atoms with Gasteiger partial charge >= 0.3 is 0 Å². The fourth-order valence-corrected chi connectivity index (χ4v) is 5.22. The summed E-state index contributed by atoms with van der Waals surface area (Å²) in [5, 5.41) is 3.35. The van der Waals surface area contributed by atoms with Crippen molar-refractivity contribution in [1.29, 1.82) is 0 Å². The van der Waals surface area contributed by atoms with Gasteiger partial charge in [0.25, 0.3) is 0 Å². The number of sulfonamides is 1. The Balaban J connectivity index is 2.28. The van der Waals surface area contributed by atoms with E-state index < -0.39 is 10.0 Å². The molecular weight excluding hydrogens is 304 g/mol. The van der Waals surface area contributed by atoms with E-state index in [0.29, 0.717) is 30.6 Å². The lowest BCUT2D eigenvalue weighted by Gasteiger charge is -2.26. The van der Waals surface area contributed by atoms with Crippen LogP contribution in [0.4, 0.5) is 0 Å². The molecule has 1 aliphatic heterocycles. The lowest BCUT2D eigenvalue weighted by Crippen LogP contribution is -2.38. The first-order chi connectivity index (χ1) is 9.93. The number of hydrogen-bond donors (Lipinski definition) is 1. The minimum atomic E-state index is -3.36. The second-order valence-corrected chi connectivity index (χ2v) is 8.72. The zero-order chi connectivity index (χ0) is 15.5.